The van der Waals surface area contributed by atoms with Crippen LogP contribution in [0.3, 0.4) is 0 Å². The number of rotatable bonds is 9. The monoisotopic (exact) mass is 223 g/mol. The van der Waals surface area contributed by atoms with Crippen LogP contribution in [0.5, 0.6) is 0 Å². The van der Waals surface area contributed by atoms with Crippen molar-refractivity contribution in [1.29, 1.82) is 5.26 Å². The quantitative estimate of drug-likeness (QED) is 0.342. The second-order valence-electron chi connectivity index (χ2n) is 3.72. The van der Waals surface area contributed by atoms with Crippen LogP contribution >= 0.6 is 0 Å². The summed E-state index contributed by atoms with van der Waals surface area (Å²) in [4.78, 5) is 10.8. The van der Waals surface area contributed by atoms with Crippen LogP contribution in [0.25, 0.3) is 0 Å². The molecule has 0 unspecified atom stereocenters. The standard InChI is InChI=1S/C13H21NO2/c1-16-13(15)11-9-7-5-3-2-4-6-8-10-12-14/h6,8H,2-5,7,9-11H2,1H3. The Hall–Kier alpha value is -1.30. The molecule has 0 aromatic rings. The molecule has 0 rings (SSSR count). The highest BCUT2D eigenvalue weighted by Gasteiger charge is 1.98. The van der Waals surface area contributed by atoms with Crippen molar-refractivity contribution in [2.45, 2.75) is 51.4 Å². The molecular formula is C13H21NO2. The van der Waals surface area contributed by atoms with Crippen LogP contribution in [0, 0.1) is 11.3 Å². The first-order valence-electron chi connectivity index (χ1n) is 5.90. The number of hydrogen-bond acceptors (Lipinski definition) is 3. The number of carbonyl (C=O) groups is 1. The highest BCUT2D eigenvalue weighted by molar-refractivity contribution is 5.68. The normalized spacial score (nSPS) is 10.2. The van der Waals surface area contributed by atoms with Crippen LogP contribution < -0.4 is 0 Å². The molecule has 0 aromatic carbocycles. The lowest BCUT2D eigenvalue weighted by Gasteiger charge is -1.99. The molecule has 0 aliphatic rings. The number of nitrogens with zero attached hydrogens (tertiary/aromatic N) is 1. The van der Waals surface area contributed by atoms with E-state index in [1.165, 1.54) is 26.4 Å². The van der Waals surface area contributed by atoms with E-state index in [4.69, 9.17) is 5.26 Å². The molecule has 0 aliphatic heterocycles. The van der Waals surface area contributed by atoms with E-state index in [9.17, 15) is 4.79 Å². The summed E-state index contributed by atoms with van der Waals surface area (Å²) in [5.41, 5.74) is 0. The minimum atomic E-state index is -0.112. The average molecular weight is 223 g/mol. The molecule has 0 heterocycles. The maximum atomic E-state index is 10.8. The van der Waals surface area contributed by atoms with Crippen LogP contribution in [0.1, 0.15) is 51.4 Å². The lowest BCUT2D eigenvalue weighted by Crippen LogP contribution is -1.98. The molecule has 0 amide bonds. The number of unbranched alkanes of at least 4 members (excludes halogenated alkanes) is 5. The van der Waals surface area contributed by atoms with E-state index >= 15 is 0 Å². The zero-order valence-corrected chi connectivity index (χ0v) is 10.1. The Labute approximate surface area is 98.1 Å². The first-order valence-corrected chi connectivity index (χ1v) is 5.90. The Balaban J connectivity index is 3.10. The van der Waals surface area contributed by atoms with E-state index in [1.54, 1.807) is 0 Å². The largest absolute Gasteiger partial charge is 0.469 e. The molecule has 3 heteroatoms. The van der Waals surface area contributed by atoms with Crippen LogP contribution in [-0.2, 0) is 9.53 Å². The molecule has 0 aliphatic carbocycles. The molecule has 0 N–H and O–H groups in total. The highest BCUT2D eigenvalue weighted by atomic mass is 16.5. The van der Waals surface area contributed by atoms with Gasteiger partial charge in [-0.05, 0) is 19.3 Å². The minimum absolute atomic E-state index is 0.112. The van der Waals surface area contributed by atoms with Gasteiger partial charge in [-0.3, -0.25) is 4.79 Å². The van der Waals surface area contributed by atoms with E-state index in [-0.39, 0.29) is 5.97 Å². The fraction of sp³-hybridized carbons (Fsp3) is 0.692. The van der Waals surface area contributed by atoms with E-state index in [0.29, 0.717) is 12.8 Å². The van der Waals surface area contributed by atoms with Gasteiger partial charge in [0.15, 0.2) is 0 Å². The van der Waals surface area contributed by atoms with Gasteiger partial charge in [0.05, 0.1) is 19.6 Å². The maximum Gasteiger partial charge on any atom is 0.305 e. The van der Waals surface area contributed by atoms with E-state index in [2.05, 4.69) is 16.9 Å². The van der Waals surface area contributed by atoms with Crippen molar-refractivity contribution >= 4 is 5.97 Å². The third kappa shape index (κ3) is 10.8. The van der Waals surface area contributed by atoms with Gasteiger partial charge in [-0.2, -0.15) is 5.26 Å². The number of carbonyl (C=O) groups excluding carboxylic acids is 1. The van der Waals surface area contributed by atoms with Gasteiger partial charge in [-0.1, -0.05) is 31.4 Å². The molecule has 0 spiro atoms. The summed E-state index contributed by atoms with van der Waals surface area (Å²) in [5, 5.41) is 8.29. The first kappa shape index (κ1) is 14.7. The van der Waals surface area contributed by atoms with Crippen LogP contribution in [0.2, 0.25) is 0 Å². The average Bonchev–Trinajstić information content (AvgIpc) is 2.31. The summed E-state index contributed by atoms with van der Waals surface area (Å²) in [6, 6.07) is 2.07. The summed E-state index contributed by atoms with van der Waals surface area (Å²) < 4.78 is 4.56. The van der Waals surface area contributed by atoms with E-state index in [1.807, 2.05) is 6.08 Å². The Bertz CT molecular complexity index is 241. The van der Waals surface area contributed by atoms with Crippen LogP contribution in [0.15, 0.2) is 12.2 Å². The number of ether oxygens (including phenoxy) is 1. The molecule has 0 fully saturated rings. The van der Waals surface area contributed by atoms with Crippen molar-refractivity contribution in [3.8, 4) is 6.07 Å². The van der Waals surface area contributed by atoms with Gasteiger partial charge < -0.3 is 4.74 Å². The number of nitriles is 1. The smallest absolute Gasteiger partial charge is 0.305 e. The number of allylic oxidation sites excluding steroid dienone is 2. The summed E-state index contributed by atoms with van der Waals surface area (Å²) >= 11 is 0. The summed E-state index contributed by atoms with van der Waals surface area (Å²) in [7, 11) is 1.43. The van der Waals surface area contributed by atoms with Gasteiger partial charge in [0.1, 0.15) is 0 Å². The second-order valence-corrected chi connectivity index (χ2v) is 3.72. The predicted octanol–water partition coefficient (Wildman–Crippen LogP) is 3.36. The third-order valence-corrected chi connectivity index (χ3v) is 2.36. The van der Waals surface area contributed by atoms with Gasteiger partial charge in [-0.15, -0.1) is 0 Å². The zero-order valence-electron chi connectivity index (χ0n) is 10.1. The molecule has 0 radical (unpaired) electrons. The van der Waals surface area contributed by atoms with Gasteiger partial charge in [0.25, 0.3) is 0 Å². The molecule has 0 bridgehead atoms. The van der Waals surface area contributed by atoms with E-state index < -0.39 is 0 Å². The summed E-state index contributed by atoms with van der Waals surface area (Å²) in [6.45, 7) is 0. The van der Waals surface area contributed by atoms with E-state index in [0.717, 1.165) is 19.3 Å². The predicted molar refractivity (Wildman–Crippen MR) is 63.7 cm³/mol. The van der Waals surface area contributed by atoms with Gasteiger partial charge in [-0.25, -0.2) is 0 Å². The third-order valence-electron chi connectivity index (χ3n) is 2.36. The highest BCUT2D eigenvalue weighted by Crippen LogP contribution is 2.08. The molecule has 0 aromatic heterocycles. The lowest BCUT2D eigenvalue weighted by atomic mass is 10.1. The fourth-order valence-corrected chi connectivity index (χ4v) is 1.42. The number of esters is 1. The summed E-state index contributed by atoms with van der Waals surface area (Å²) in [5.74, 6) is -0.112. The van der Waals surface area contributed by atoms with Crippen molar-refractivity contribution < 1.29 is 9.53 Å². The topological polar surface area (TPSA) is 50.1 Å². The minimum Gasteiger partial charge on any atom is -0.469 e. The molecule has 3 nitrogen and oxygen atoms in total. The number of hydrogen-bond donors (Lipinski definition) is 0. The van der Waals surface area contributed by atoms with Crippen molar-refractivity contribution in [1.82, 2.24) is 0 Å². The molecule has 0 saturated heterocycles. The molecule has 90 valence electrons. The molecule has 16 heavy (non-hydrogen) atoms. The Morgan fingerprint density at radius 1 is 1.19 bits per heavy atom. The van der Waals surface area contributed by atoms with Crippen molar-refractivity contribution in [3.05, 3.63) is 12.2 Å². The molecular weight excluding hydrogens is 202 g/mol. The number of methoxy groups -OCH3 is 1. The SMILES string of the molecule is COC(=O)CCCCCCCC=CCC#N. The maximum absolute atomic E-state index is 10.8. The van der Waals surface area contributed by atoms with Gasteiger partial charge in [0, 0.05) is 6.42 Å². The lowest BCUT2D eigenvalue weighted by molar-refractivity contribution is -0.140. The molecule has 0 saturated carbocycles. The van der Waals surface area contributed by atoms with Crippen LogP contribution in [0.4, 0.5) is 0 Å². The second kappa shape index (κ2) is 11.8. The Morgan fingerprint density at radius 3 is 2.56 bits per heavy atom. The Kier molecular flexibility index (Phi) is 10.8. The van der Waals surface area contributed by atoms with Crippen molar-refractivity contribution in [3.63, 3.8) is 0 Å². The fourth-order valence-electron chi connectivity index (χ4n) is 1.42. The summed E-state index contributed by atoms with van der Waals surface area (Å²) in [6.07, 6.45) is 11.6. The Morgan fingerprint density at radius 2 is 1.88 bits per heavy atom. The van der Waals surface area contributed by atoms with Crippen molar-refractivity contribution in [2.24, 2.45) is 0 Å². The van der Waals surface area contributed by atoms with Crippen molar-refractivity contribution in [2.75, 3.05) is 7.11 Å². The zero-order chi connectivity index (χ0) is 12.1. The molecule has 0 atom stereocenters. The van der Waals surface area contributed by atoms with Crippen LogP contribution in [-0.4, -0.2) is 13.1 Å². The van der Waals surface area contributed by atoms with Gasteiger partial charge in [0.2, 0.25) is 0 Å². The van der Waals surface area contributed by atoms with Gasteiger partial charge >= 0.3 is 5.97 Å². The first-order chi connectivity index (χ1) is 7.81.